The lowest BCUT2D eigenvalue weighted by Crippen LogP contribution is -2.43. The maximum Gasteiger partial charge on any atom is 0.122 e. The molecule has 0 radical (unpaired) electrons. The topological polar surface area (TPSA) is 29.5 Å². The zero-order valence-corrected chi connectivity index (χ0v) is 14.5. The van der Waals surface area contributed by atoms with Crippen molar-refractivity contribution in [1.29, 1.82) is 0 Å². The highest BCUT2D eigenvalue weighted by Gasteiger charge is 2.41. The Morgan fingerprint density at radius 1 is 1.35 bits per heavy atom. The van der Waals surface area contributed by atoms with Crippen molar-refractivity contribution < 1.29 is 9.84 Å². The van der Waals surface area contributed by atoms with Gasteiger partial charge in [0.05, 0.1) is 12.7 Å². The minimum atomic E-state index is -0.630. The fourth-order valence-electron chi connectivity index (χ4n) is 4.07. The number of aliphatic hydroxyl groups is 1. The van der Waals surface area contributed by atoms with Crippen molar-refractivity contribution in [3.8, 4) is 5.75 Å². The summed E-state index contributed by atoms with van der Waals surface area (Å²) in [6, 6.07) is 5.99. The van der Waals surface area contributed by atoms with Crippen LogP contribution >= 0.6 is 15.9 Å². The third-order valence-corrected chi connectivity index (χ3v) is 4.69. The molecule has 0 aromatic heterocycles. The van der Waals surface area contributed by atoms with Crippen molar-refractivity contribution in [2.45, 2.75) is 52.1 Å². The number of rotatable bonds is 3. The predicted octanol–water partition coefficient (Wildman–Crippen LogP) is 4.58. The van der Waals surface area contributed by atoms with Gasteiger partial charge in [-0.3, -0.25) is 0 Å². The Morgan fingerprint density at radius 2 is 2.05 bits per heavy atom. The number of hydrogen-bond acceptors (Lipinski definition) is 2. The first kappa shape index (κ1) is 15.8. The van der Waals surface area contributed by atoms with Crippen molar-refractivity contribution in [2.75, 3.05) is 7.11 Å². The van der Waals surface area contributed by atoms with E-state index < -0.39 is 5.60 Å². The van der Waals surface area contributed by atoms with Crippen molar-refractivity contribution in [3.05, 3.63) is 28.2 Å². The van der Waals surface area contributed by atoms with Crippen molar-refractivity contribution in [1.82, 2.24) is 0 Å². The lowest BCUT2D eigenvalue weighted by molar-refractivity contribution is -0.0577. The van der Waals surface area contributed by atoms with Gasteiger partial charge in [-0.1, -0.05) is 36.7 Å². The Labute approximate surface area is 130 Å². The van der Waals surface area contributed by atoms with Crippen LogP contribution in [0.4, 0.5) is 0 Å². The van der Waals surface area contributed by atoms with E-state index in [4.69, 9.17) is 4.74 Å². The molecule has 0 aliphatic heterocycles. The Kier molecular flexibility index (Phi) is 4.50. The summed E-state index contributed by atoms with van der Waals surface area (Å²) in [6.45, 7) is 6.75. The molecule has 1 aromatic carbocycles. The second-order valence-corrected chi connectivity index (χ2v) is 8.13. The highest BCUT2D eigenvalue weighted by atomic mass is 79.9. The lowest BCUT2D eigenvalue weighted by Gasteiger charge is -2.45. The van der Waals surface area contributed by atoms with E-state index in [9.17, 15) is 5.11 Å². The van der Waals surface area contributed by atoms with E-state index in [2.05, 4.69) is 42.8 Å². The molecule has 1 saturated carbocycles. The molecule has 2 rings (SSSR count). The van der Waals surface area contributed by atoms with E-state index in [1.165, 1.54) is 6.42 Å². The molecule has 0 saturated heterocycles. The van der Waals surface area contributed by atoms with Crippen LogP contribution in [0.15, 0.2) is 22.7 Å². The average Bonchev–Trinajstić information content (AvgIpc) is 2.24. The monoisotopic (exact) mass is 340 g/mol. The molecule has 0 bridgehead atoms. The summed E-state index contributed by atoms with van der Waals surface area (Å²) in [5.74, 6) is 1.42. The van der Waals surface area contributed by atoms with Crippen LogP contribution in [0, 0.1) is 11.3 Å². The third kappa shape index (κ3) is 3.76. The van der Waals surface area contributed by atoms with Gasteiger partial charge in [0.1, 0.15) is 5.75 Å². The Balaban J connectivity index is 2.26. The van der Waals surface area contributed by atoms with Crippen molar-refractivity contribution in [2.24, 2.45) is 11.3 Å². The van der Waals surface area contributed by atoms with Crippen molar-refractivity contribution >= 4 is 15.9 Å². The summed E-state index contributed by atoms with van der Waals surface area (Å²) in [4.78, 5) is 0. The molecule has 20 heavy (non-hydrogen) atoms. The van der Waals surface area contributed by atoms with E-state index in [0.717, 1.165) is 28.6 Å². The summed E-state index contributed by atoms with van der Waals surface area (Å²) < 4.78 is 6.46. The summed E-state index contributed by atoms with van der Waals surface area (Å²) >= 11 is 3.51. The second-order valence-electron chi connectivity index (χ2n) is 7.21. The Morgan fingerprint density at radius 3 is 2.65 bits per heavy atom. The van der Waals surface area contributed by atoms with E-state index in [1.807, 2.05) is 12.1 Å². The number of methoxy groups -OCH3 is 1. The van der Waals surface area contributed by atoms with Gasteiger partial charge in [-0.2, -0.15) is 0 Å². The smallest absolute Gasteiger partial charge is 0.122 e. The van der Waals surface area contributed by atoms with Gasteiger partial charge in [0.25, 0.3) is 0 Å². The van der Waals surface area contributed by atoms with Gasteiger partial charge >= 0.3 is 0 Å². The molecule has 0 spiro atoms. The fraction of sp³-hybridized carbons (Fsp3) is 0.647. The minimum absolute atomic E-state index is 0.200. The zero-order valence-electron chi connectivity index (χ0n) is 12.9. The van der Waals surface area contributed by atoms with Gasteiger partial charge in [-0.05, 0) is 54.4 Å². The molecule has 112 valence electrons. The van der Waals surface area contributed by atoms with Crippen LogP contribution in [0.1, 0.15) is 45.6 Å². The lowest BCUT2D eigenvalue weighted by atomic mass is 9.64. The molecule has 1 fully saturated rings. The van der Waals surface area contributed by atoms with Gasteiger partial charge in [0, 0.05) is 10.9 Å². The Bertz CT molecular complexity index is 484. The van der Waals surface area contributed by atoms with E-state index in [0.29, 0.717) is 12.3 Å². The SMILES string of the molecule is COc1ccc(Br)cc1CC1(O)CC(C)CC(C)(C)C1. The molecule has 1 aromatic rings. The number of ether oxygens (including phenoxy) is 1. The molecule has 2 nitrogen and oxygen atoms in total. The Hall–Kier alpha value is -0.540. The molecular weight excluding hydrogens is 316 g/mol. The van der Waals surface area contributed by atoms with Crippen LogP contribution in [-0.4, -0.2) is 17.8 Å². The first-order valence-corrected chi connectivity index (χ1v) is 8.07. The summed E-state index contributed by atoms with van der Waals surface area (Å²) in [6.07, 6.45) is 3.56. The van der Waals surface area contributed by atoms with Gasteiger partial charge in [0.2, 0.25) is 0 Å². The number of benzene rings is 1. The van der Waals surface area contributed by atoms with Crippen LogP contribution in [0.5, 0.6) is 5.75 Å². The normalized spacial score (nSPS) is 29.2. The molecule has 1 aliphatic carbocycles. The minimum Gasteiger partial charge on any atom is -0.496 e. The fourth-order valence-corrected chi connectivity index (χ4v) is 4.48. The van der Waals surface area contributed by atoms with Crippen molar-refractivity contribution in [3.63, 3.8) is 0 Å². The van der Waals surface area contributed by atoms with Crippen LogP contribution < -0.4 is 4.74 Å². The van der Waals surface area contributed by atoms with Gasteiger partial charge in [0.15, 0.2) is 0 Å². The third-order valence-electron chi connectivity index (χ3n) is 4.20. The highest BCUT2D eigenvalue weighted by Crippen LogP contribution is 2.45. The summed E-state index contributed by atoms with van der Waals surface area (Å²) in [5.41, 5.74) is 0.648. The predicted molar refractivity (Wildman–Crippen MR) is 86.1 cm³/mol. The zero-order chi connectivity index (χ0) is 15.0. The molecule has 1 aliphatic rings. The maximum atomic E-state index is 11.1. The van der Waals surface area contributed by atoms with E-state index in [1.54, 1.807) is 7.11 Å². The quantitative estimate of drug-likeness (QED) is 0.872. The second kappa shape index (κ2) is 5.69. The molecular formula is C17H25BrO2. The number of halogens is 1. The van der Waals surface area contributed by atoms with E-state index >= 15 is 0 Å². The molecule has 0 heterocycles. The van der Waals surface area contributed by atoms with Gasteiger partial charge < -0.3 is 9.84 Å². The first-order valence-electron chi connectivity index (χ1n) is 7.28. The van der Waals surface area contributed by atoms with Crippen LogP contribution in [-0.2, 0) is 6.42 Å². The molecule has 3 heteroatoms. The molecule has 1 N–H and O–H groups in total. The largest absolute Gasteiger partial charge is 0.496 e. The van der Waals surface area contributed by atoms with Gasteiger partial charge in [-0.15, -0.1) is 0 Å². The first-order chi connectivity index (χ1) is 9.23. The number of hydrogen-bond donors (Lipinski definition) is 1. The molecule has 2 unspecified atom stereocenters. The standard InChI is InChI=1S/C17H25BrO2/c1-12-8-16(2,3)11-17(19,9-12)10-13-7-14(18)5-6-15(13)20-4/h5-7,12,19H,8-11H2,1-4H3. The summed E-state index contributed by atoms with van der Waals surface area (Å²) in [7, 11) is 1.68. The van der Waals surface area contributed by atoms with Crippen LogP contribution in [0.2, 0.25) is 0 Å². The molecule has 0 amide bonds. The molecule has 2 atom stereocenters. The maximum absolute atomic E-state index is 11.1. The highest BCUT2D eigenvalue weighted by molar-refractivity contribution is 9.10. The average molecular weight is 341 g/mol. The van der Waals surface area contributed by atoms with Crippen LogP contribution in [0.3, 0.4) is 0 Å². The van der Waals surface area contributed by atoms with Crippen LogP contribution in [0.25, 0.3) is 0 Å². The summed E-state index contributed by atoms with van der Waals surface area (Å²) in [5, 5.41) is 11.1. The van der Waals surface area contributed by atoms with E-state index in [-0.39, 0.29) is 5.41 Å². The van der Waals surface area contributed by atoms with Gasteiger partial charge in [-0.25, -0.2) is 0 Å².